The van der Waals surface area contributed by atoms with E-state index in [-0.39, 0.29) is 30.1 Å². The Bertz CT molecular complexity index is 669. The van der Waals surface area contributed by atoms with Crippen LogP contribution in [0.1, 0.15) is 33.0 Å². The number of nitrogens with zero attached hydrogens (tertiary/aromatic N) is 3. The summed E-state index contributed by atoms with van der Waals surface area (Å²) in [6.07, 6.45) is 1.83. The minimum Gasteiger partial charge on any atom is -0.467 e. The van der Waals surface area contributed by atoms with Crippen LogP contribution in [0.5, 0.6) is 0 Å². The summed E-state index contributed by atoms with van der Waals surface area (Å²) in [6, 6.07) is 3.62. The number of likely N-dealkylation sites (tertiary alicyclic amines) is 1. The molecule has 0 N–H and O–H groups in total. The maximum absolute atomic E-state index is 12.8. The van der Waals surface area contributed by atoms with Crippen LogP contribution in [0.15, 0.2) is 22.8 Å². The zero-order chi connectivity index (χ0) is 18.9. The van der Waals surface area contributed by atoms with E-state index in [1.54, 1.807) is 22.1 Å². The number of amides is 3. The minimum absolute atomic E-state index is 0.0127. The molecule has 2 aliphatic rings. The molecular formula is C19H27N3O4. The summed E-state index contributed by atoms with van der Waals surface area (Å²) in [5.74, 6) is 0.540. The van der Waals surface area contributed by atoms with Gasteiger partial charge in [0.05, 0.1) is 18.7 Å². The minimum atomic E-state index is -0.406. The topological polar surface area (TPSA) is 74.1 Å². The van der Waals surface area contributed by atoms with Crippen LogP contribution in [-0.4, -0.2) is 65.1 Å². The van der Waals surface area contributed by atoms with E-state index in [4.69, 9.17) is 4.42 Å². The number of carbonyl (C=O) groups excluding carboxylic acids is 3. The van der Waals surface area contributed by atoms with Crippen molar-refractivity contribution in [1.82, 2.24) is 14.7 Å². The first-order chi connectivity index (χ1) is 12.3. The molecule has 7 heteroatoms. The van der Waals surface area contributed by atoms with Gasteiger partial charge in [0.25, 0.3) is 0 Å². The van der Waals surface area contributed by atoms with E-state index in [9.17, 15) is 14.4 Å². The number of rotatable bonds is 3. The van der Waals surface area contributed by atoms with E-state index in [2.05, 4.69) is 0 Å². The third-order valence-corrected chi connectivity index (χ3v) is 5.01. The molecule has 7 nitrogen and oxygen atoms in total. The average Bonchev–Trinajstić information content (AvgIpc) is 3.23. The van der Waals surface area contributed by atoms with Gasteiger partial charge in [0.15, 0.2) is 0 Å². The van der Waals surface area contributed by atoms with Crippen LogP contribution >= 0.6 is 0 Å². The van der Waals surface area contributed by atoms with Gasteiger partial charge in [-0.3, -0.25) is 14.4 Å². The Hall–Kier alpha value is -2.31. The van der Waals surface area contributed by atoms with Crippen LogP contribution in [0.3, 0.4) is 0 Å². The van der Waals surface area contributed by atoms with E-state index in [1.807, 2.05) is 31.7 Å². The maximum Gasteiger partial charge on any atom is 0.228 e. The molecule has 3 amide bonds. The van der Waals surface area contributed by atoms with Crippen LogP contribution in [0.2, 0.25) is 0 Å². The molecule has 2 saturated heterocycles. The normalized spacial score (nSPS) is 21.4. The van der Waals surface area contributed by atoms with Gasteiger partial charge in [0, 0.05) is 44.6 Å². The second-order valence-electron chi connectivity index (χ2n) is 8.12. The summed E-state index contributed by atoms with van der Waals surface area (Å²) in [5.41, 5.74) is -0.406. The molecule has 0 spiro atoms. The van der Waals surface area contributed by atoms with Gasteiger partial charge >= 0.3 is 0 Å². The fourth-order valence-electron chi connectivity index (χ4n) is 3.54. The Morgan fingerprint density at radius 2 is 1.81 bits per heavy atom. The van der Waals surface area contributed by atoms with E-state index < -0.39 is 5.41 Å². The summed E-state index contributed by atoms with van der Waals surface area (Å²) in [4.78, 5) is 42.6. The Morgan fingerprint density at radius 3 is 2.38 bits per heavy atom. The molecule has 142 valence electrons. The first-order valence-corrected chi connectivity index (χ1v) is 9.14. The molecule has 2 fully saturated rings. The SMILES string of the molecule is CC(C)(C)C(=O)N1CCN(C(=O)C2CC(=O)N(Cc3ccco3)C2)CC1. The van der Waals surface area contributed by atoms with Gasteiger partial charge in [-0.1, -0.05) is 20.8 Å². The predicted octanol–water partition coefficient (Wildman–Crippen LogP) is 1.34. The van der Waals surface area contributed by atoms with E-state index >= 15 is 0 Å². The van der Waals surface area contributed by atoms with Crippen molar-refractivity contribution in [1.29, 1.82) is 0 Å². The largest absolute Gasteiger partial charge is 0.467 e. The van der Waals surface area contributed by atoms with E-state index in [0.29, 0.717) is 39.3 Å². The third kappa shape index (κ3) is 3.92. The summed E-state index contributed by atoms with van der Waals surface area (Å²) >= 11 is 0. The van der Waals surface area contributed by atoms with Crippen LogP contribution in [0.25, 0.3) is 0 Å². The van der Waals surface area contributed by atoms with Gasteiger partial charge in [-0.05, 0) is 12.1 Å². The van der Waals surface area contributed by atoms with Gasteiger partial charge < -0.3 is 19.1 Å². The highest BCUT2D eigenvalue weighted by atomic mass is 16.3. The summed E-state index contributed by atoms with van der Waals surface area (Å²) < 4.78 is 5.29. The van der Waals surface area contributed by atoms with Gasteiger partial charge in [0.2, 0.25) is 17.7 Å². The van der Waals surface area contributed by atoms with Gasteiger partial charge in [-0.25, -0.2) is 0 Å². The second-order valence-corrected chi connectivity index (χ2v) is 8.12. The number of hydrogen-bond acceptors (Lipinski definition) is 4. The fraction of sp³-hybridized carbons (Fsp3) is 0.632. The van der Waals surface area contributed by atoms with Crippen molar-refractivity contribution in [3.63, 3.8) is 0 Å². The summed E-state index contributed by atoms with van der Waals surface area (Å²) in [7, 11) is 0. The van der Waals surface area contributed by atoms with E-state index in [1.165, 1.54) is 0 Å². The van der Waals surface area contributed by atoms with Crippen LogP contribution in [0.4, 0.5) is 0 Å². The molecule has 0 bridgehead atoms. The van der Waals surface area contributed by atoms with Crippen LogP contribution in [0, 0.1) is 11.3 Å². The number of piperazine rings is 1. The molecule has 3 heterocycles. The van der Waals surface area contributed by atoms with Gasteiger partial charge in [-0.15, -0.1) is 0 Å². The lowest BCUT2D eigenvalue weighted by Gasteiger charge is -2.38. The third-order valence-electron chi connectivity index (χ3n) is 5.01. The molecule has 1 atom stereocenters. The maximum atomic E-state index is 12.8. The van der Waals surface area contributed by atoms with Crippen LogP contribution in [-0.2, 0) is 20.9 Å². The zero-order valence-electron chi connectivity index (χ0n) is 15.7. The van der Waals surface area contributed by atoms with Crippen molar-refractivity contribution in [2.45, 2.75) is 33.7 Å². The first kappa shape index (κ1) is 18.5. The summed E-state index contributed by atoms with van der Waals surface area (Å²) in [5, 5.41) is 0. The quantitative estimate of drug-likeness (QED) is 0.814. The van der Waals surface area contributed by atoms with Crippen molar-refractivity contribution >= 4 is 17.7 Å². The molecule has 1 aromatic rings. The lowest BCUT2D eigenvalue weighted by Crippen LogP contribution is -2.54. The molecular weight excluding hydrogens is 334 g/mol. The lowest BCUT2D eigenvalue weighted by atomic mass is 9.94. The average molecular weight is 361 g/mol. The fourth-order valence-corrected chi connectivity index (χ4v) is 3.54. The van der Waals surface area contributed by atoms with Crippen molar-refractivity contribution in [2.24, 2.45) is 11.3 Å². The molecule has 2 aliphatic heterocycles. The molecule has 3 rings (SSSR count). The Balaban J connectivity index is 1.53. The number of carbonyl (C=O) groups is 3. The van der Waals surface area contributed by atoms with E-state index in [0.717, 1.165) is 5.76 Å². The number of furan rings is 1. The Labute approximate surface area is 153 Å². The van der Waals surface area contributed by atoms with Crippen molar-refractivity contribution < 1.29 is 18.8 Å². The molecule has 1 unspecified atom stereocenters. The van der Waals surface area contributed by atoms with Crippen molar-refractivity contribution in [3.8, 4) is 0 Å². The molecule has 0 saturated carbocycles. The standard InChI is InChI=1S/C19H27N3O4/c1-19(2,3)18(25)21-8-6-20(7-9-21)17(24)14-11-16(23)22(12-14)13-15-5-4-10-26-15/h4-5,10,14H,6-9,11-13H2,1-3H3. The monoisotopic (exact) mass is 361 g/mol. The smallest absolute Gasteiger partial charge is 0.228 e. The van der Waals surface area contributed by atoms with Gasteiger partial charge in [0.1, 0.15) is 5.76 Å². The van der Waals surface area contributed by atoms with Crippen LogP contribution < -0.4 is 0 Å². The van der Waals surface area contributed by atoms with Gasteiger partial charge in [-0.2, -0.15) is 0 Å². The molecule has 0 aliphatic carbocycles. The molecule has 0 radical (unpaired) electrons. The lowest BCUT2D eigenvalue weighted by molar-refractivity contribution is -0.146. The highest BCUT2D eigenvalue weighted by molar-refractivity contribution is 5.89. The Kier molecular flexibility index (Phi) is 5.07. The highest BCUT2D eigenvalue weighted by Gasteiger charge is 2.38. The molecule has 26 heavy (non-hydrogen) atoms. The second kappa shape index (κ2) is 7.13. The number of hydrogen-bond donors (Lipinski definition) is 0. The highest BCUT2D eigenvalue weighted by Crippen LogP contribution is 2.24. The first-order valence-electron chi connectivity index (χ1n) is 9.14. The summed E-state index contributed by atoms with van der Waals surface area (Å²) in [6.45, 7) is 8.73. The predicted molar refractivity (Wildman–Crippen MR) is 94.8 cm³/mol. The zero-order valence-corrected chi connectivity index (χ0v) is 15.7. The molecule has 0 aromatic carbocycles. The van der Waals surface area contributed by atoms with Crippen molar-refractivity contribution in [2.75, 3.05) is 32.7 Å². The molecule has 1 aromatic heterocycles. The Morgan fingerprint density at radius 1 is 1.15 bits per heavy atom. The van der Waals surface area contributed by atoms with Crippen molar-refractivity contribution in [3.05, 3.63) is 24.2 Å².